The quantitative estimate of drug-likeness (QED) is 0.342. The van der Waals surface area contributed by atoms with E-state index in [1.807, 2.05) is 6.92 Å². The predicted molar refractivity (Wildman–Crippen MR) is 134 cm³/mol. The number of aryl methyl sites for hydroxylation is 1. The summed E-state index contributed by atoms with van der Waals surface area (Å²) in [6, 6.07) is 3.53. The predicted octanol–water partition coefficient (Wildman–Crippen LogP) is 8.66. The van der Waals surface area contributed by atoms with Gasteiger partial charge in [0.1, 0.15) is 0 Å². The van der Waals surface area contributed by atoms with Gasteiger partial charge in [0.2, 0.25) is 0 Å². The minimum Gasteiger partial charge on any atom is -0.349 e. The topological polar surface area (TPSA) is 18.5 Å². The van der Waals surface area contributed by atoms with Crippen molar-refractivity contribution in [2.75, 3.05) is 13.2 Å². The second kappa shape index (κ2) is 12.4. The van der Waals surface area contributed by atoms with E-state index in [4.69, 9.17) is 9.47 Å². The Hall–Kier alpha value is -1.07. The summed E-state index contributed by atoms with van der Waals surface area (Å²) in [6.45, 7) is 4.22. The largest absolute Gasteiger partial charge is 0.349 e. The Bertz CT molecular complexity index is 789. The summed E-state index contributed by atoms with van der Waals surface area (Å²) in [7, 11) is 0. The van der Waals surface area contributed by atoms with E-state index in [1.54, 1.807) is 12.1 Å². The Morgan fingerprint density at radius 2 is 1.43 bits per heavy atom. The van der Waals surface area contributed by atoms with Crippen LogP contribution in [0.15, 0.2) is 12.1 Å². The summed E-state index contributed by atoms with van der Waals surface area (Å²) in [5, 5.41) is 0. The molecule has 0 unspecified atom stereocenters. The fourth-order valence-corrected chi connectivity index (χ4v) is 6.98. The maximum atomic E-state index is 15.1. The molecule has 0 amide bonds. The molecule has 0 atom stereocenters. The maximum Gasteiger partial charge on any atom is 0.162 e. The molecule has 5 heteroatoms. The van der Waals surface area contributed by atoms with Crippen molar-refractivity contribution in [3.8, 4) is 0 Å². The summed E-state index contributed by atoms with van der Waals surface area (Å²) < 4.78 is 55.5. The van der Waals surface area contributed by atoms with E-state index in [1.165, 1.54) is 38.5 Å². The number of halogens is 3. The molecular formula is C30H45F3O2. The first-order chi connectivity index (χ1) is 16.9. The third-order valence-electron chi connectivity index (χ3n) is 9.06. The Morgan fingerprint density at radius 1 is 0.800 bits per heavy atom. The lowest BCUT2D eigenvalue weighted by molar-refractivity contribution is -0.236. The first kappa shape index (κ1) is 27.0. The van der Waals surface area contributed by atoms with Gasteiger partial charge in [-0.3, -0.25) is 0 Å². The average molecular weight is 495 g/mol. The van der Waals surface area contributed by atoms with Crippen molar-refractivity contribution in [1.82, 2.24) is 0 Å². The highest BCUT2D eigenvalue weighted by atomic mass is 19.2. The molecule has 1 aromatic carbocycles. The summed E-state index contributed by atoms with van der Waals surface area (Å²) in [5.41, 5.74) is -0.539. The van der Waals surface area contributed by atoms with Crippen molar-refractivity contribution in [1.29, 1.82) is 0 Å². The van der Waals surface area contributed by atoms with E-state index >= 15 is 4.39 Å². The molecule has 1 aliphatic heterocycles. The Kier molecular flexibility index (Phi) is 9.60. The zero-order valence-electron chi connectivity index (χ0n) is 21.8. The summed E-state index contributed by atoms with van der Waals surface area (Å²) in [4.78, 5) is 0. The van der Waals surface area contributed by atoms with Crippen LogP contribution in [0.1, 0.15) is 114 Å². The minimum atomic E-state index is -1.43. The van der Waals surface area contributed by atoms with Gasteiger partial charge in [0.25, 0.3) is 0 Å². The number of rotatable bonds is 9. The van der Waals surface area contributed by atoms with Crippen molar-refractivity contribution in [3.63, 3.8) is 0 Å². The van der Waals surface area contributed by atoms with E-state index < -0.39 is 23.6 Å². The smallest absolute Gasteiger partial charge is 0.162 e. The van der Waals surface area contributed by atoms with Gasteiger partial charge in [0, 0.05) is 6.42 Å². The number of benzene rings is 1. The zero-order chi connectivity index (χ0) is 24.8. The lowest BCUT2D eigenvalue weighted by Crippen LogP contribution is -2.44. The maximum absolute atomic E-state index is 15.1. The first-order valence-electron chi connectivity index (χ1n) is 14.3. The van der Waals surface area contributed by atoms with Gasteiger partial charge < -0.3 is 9.47 Å². The summed E-state index contributed by atoms with van der Waals surface area (Å²) in [6.07, 6.45) is 13.6. The first-order valence-corrected chi connectivity index (χ1v) is 14.3. The van der Waals surface area contributed by atoms with Gasteiger partial charge in [0.15, 0.2) is 23.6 Å². The highest BCUT2D eigenvalue weighted by Crippen LogP contribution is 2.45. The minimum absolute atomic E-state index is 0.00411. The monoisotopic (exact) mass is 494 g/mol. The second-order valence-electron chi connectivity index (χ2n) is 11.6. The van der Waals surface area contributed by atoms with Crippen molar-refractivity contribution in [2.45, 2.75) is 122 Å². The Labute approximate surface area is 210 Å². The fourth-order valence-electron chi connectivity index (χ4n) is 6.98. The van der Waals surface area contributed by atoms with Crippen molar-refractivity contribution in [2.24, 2.45) is 17.8 Å². The van der Waals surface area contributed by atoms with E-state index in [-0.39, 0.29) is 19.1 Å². The molecule has 0 radical (unpaired) electrons. The molecule has 4 rings (SSSR count). The van der Waals surface area contributed by atoms with E-state index in [0.29, 0.717) is 30.4 Å². The lowest BCUT2D eigenvalue weighted by Gasteiger charge is -2.38. The SMILES string of the molecule is CCCC1CCC(C2CCC(c3ccc(CCC4OCC(F)(CCC)CO4)c(F)c3F)CC2)CC1. The molecule has 2 saturated carbocycles. The van der Waals surface area contributed by atoms with Crippen molar-refractivity contribution >= 4 is 0 Å². The molecule has 3 aliphatic rings. The van der Waals surface area contributed by atoms with Crippen LogP contribution in [0, 0.1) is 29.4 Å². The molecule has 35 heavy (non-hydrogen) atoms. The molecule has 3 fully saturated rings. The van der Waals surface area contributed by atoms with Gasteiger partial charge in [-0.2, -0.15) is 0 Å². The van der Waals surface area contributed by atoms with Gasteiger partial charge in [-0.05, 0) is 86.2 Å². The van der Waals surface area contributed by atoms with Crippen LogP contribution < -0.4 is 0 Å². The third-order valence-corrected chi connectivity index (χ3v) is 9.06. The molecule has 0 aromatic heterocycles. The number of ether oxygens (including phenoxy) is 2. The molecule has 2 nitrogen and oxygen atoms in total. The van der Waals surface area contributed by atoms with Gasteiger partial charge >= 0.3 is 0 Å². The van der Waals surface area contributed by atoms with Crippen LogP contribution in [0.5, 0.6) is 0 Å². The molecule has 1 heterocycles. The lowest BCUT2D eigenvalue weighted by atomic mass is 9.68. The number of hydrogen-bond donors (Lipinski definition) is 0. The normalized spacial score (nSPS) is 34.1. The second-order valence-corrected chi connectivity index (χ2v) is 11.6. The van der Waals surface area contributed by atoms with Crippen LogP contribution in [-0.2, 0) is 15.9 Å². The Morgan fingerprint density at radius 3 is 2.03 bits per heavy atom. The van der Waals surface area contributed by atoms with Gasteiger partial charge in [-0.15, -0.1) is 0 Å². The highest BCUT2D eigenvalue weighted by molar-refractivity contribution is 5.29. The summed E-state index contributed by atoms with van der Waals surface area (Å²) >= 11 is 0. The molecule has 0 bridgehead atoms. The van der Waals surface area contributed by atoms with Crippen molar-refractivity contribution < 1.29 is 22.6 Å². The third kappa shape index (κ3) is 6.83. The molecule has 2 aliphatic carbocycles. The Balaban J connectivity index is 1.25. The zero-order valence-corrected chi connectivity index (χ0v) is 21.8. The van der Waals surface area contributed by atoms with Gasteiger partial charge in [0.05, 0.1) is 13.2 Å². The van der Waals surface area contributed by atoms with Gasteiger partial charge in [-0.1, -0.05) is 58.1 Å². The molecule has 0 spiro atoms. The van der Waals surface area contributed by atoms with Crippen LogP contribution in [0.2, 0.25) is 0 Å². The number of hydrogen-bond acceptors (Lipinski definition) is 2. The van der Waals surface area contributed by atoms with E-state index in [0.717, 1.165) is 49.9 Å². The standard InChI is InChI=1S/C30H45F3O2/c1-3-5-21-6-8-22(9-7-21)23-10-12-24(13-11-23)26-16-14-25(28(31)29(26)32)15-17-27-34-19-30(33,18-4-2)20-35-27/h14,16,21-24,27H,3-13,15,17-20H2,1-2H3. The molecule has 1 aromatic rings. The van der Waals surface area contributed by atoms with Crippen LogP contribution >= 0.6 is 0 Å². The van der Waals surface area contributed by atoms with E-state index in [2.05, 4.69) is 6.92 Å². The fraction of sp³-hybridized carbons (Fsp3) is 0.800. The number of alkyl halides is 1. The van der Waals surface area contributed by atoms with E-state index in [9.17, 15) is 8.78 Å². The molecule has 1 saturated heterocycles. The van der Waals surface area contributed by atoms with Crippen LogP contribution in [0.3, 0.4) is 0 Å². The average Bonchev–Trinajstić information content (AvgIpc) is 2.87. The van der Waals surface area contributed by atoms with Crippen LogP contribution in [0.25, 0.3) is 0 Å². The molecular weight excluding hydrogens is 449 g/mol. The molecule has 0 N–H and O–H groups in total. The van der Waals surface area contributed by atoms with Crippen LogP contribution in [-0.4, -0.2) is 25.2 Å². The van der Waals surface area contributed by atoms with Gasteiger partial charge in [-0.25, -0.2) is 13.2 Å². The van der Waals surface area contributed by atoms with Crippen molar-refractivity contribution in [3.05, 3.63) is 34.9 Å². The summed E-state index contributed by atoms with van der Waals surface area (Å²) in [5.74, 6) is 1.23. The molecule has 198 valence electrons. The highest BCUT2D eigenvalue weighted by Gasteiger charge is 2.36. The van der Waals surface area contributed by atoms with Crippen LogP contribution in [0.4, 0.5) is 13.2 Å².